The lowest BCUT2D eigenvalue weighted by atomic mass is 10.3. The van der Waals surface area contributed by atoms with Gasteiger partial charge in [-0.3, -0.25) is 4.31 Å². The first-order chi connectivity index (χ1) is 9.87. The van der Waals surface area contributed by atoms with Crippen molar-refractivity contribution in [3.63, 3.8) is 0 Å². The second kappa shape index (κ2) is 6.08. The van der Waals surface area contributed by atoms with Gasteiger partial charge in [0.05, 0.1) is 10.6 Å². The molecule has 0 aliphatic rings. The molecule has 2 N–H and O–H groups in total. The molecule has 4 nitrogen and oxygen atoms in total. The quantitative estimate of drug-likeness (QED) is 0.847. The van der Waals surface area contributed by atoms with Gasteiger partial charge in [0, 0.05) is 6.54 Å². The molecule has 0 aliphatic carbocycles. The standard InChI is InChI=1S/C13H13FN2O2S3/c1-2-16(10-6-4-3-5-9(10)14)21(17,18)12-8-7-11(20-12)13(15)19/h3-8H,2H2,1H3,(H2,15,19). The Kier molecular flexibility index (Phi) is 4.60. The largest absolute Gasteiger partial charge is 0.389 e. The molecule has 112 valence electrons. The van der Waals surface area contributed by atoms with Crippen LogP contribution in [0.1, 0.15) is 11.8 Å². The first kappa shape index (κ1) is 15.9. The van der Waals surface area contributed by atoms with E-state index in [4.69, 9.17) is 18.0 Å². The molecular formula is C13H13FN2O2S3. The fourth-order valence-electron chi connectivity index (χ4n) is 1.82. The second-order valence-electron chi connectivity index (χ2n) is 4.10. The minimum Gasteiger partial charge on any atom is -0.389 e. The Hall–Kier alpha value is -1.51. The highest BCUT2D eigenvalue weighted by Gasteiger charge is 2.27. The maximum absolute atomic E-state index is 13.9. The van der Waals surface area contributed by atoms with Gasteiger partial charge in [0.15, 0.2) is 0 Å². The van der Waals surface area contributed by atoms with Crippen molar-refractivity contribution in [2.24, 2.45) is 5.73 Å². The van der Waals surface area contributed by atoms with Crippen LogP contribution < -0.4 is 10.0 Å². The van der Waals surface area contributed by atoms with E-state index in [1.807, 2.05) is 0 Å². The van der Waals surface area contributed by atoms with Crippen molar-refractivity contribution in [2.45, 2.75) is 11.1 Å². The maximum atomic E-state index is 13.9. The number of rotatable bonds is 5. The molecule has 1 aromatic carbocycles. The van der Waals surface area contributed by atoms with Gasteiger partial charge in [-0.05, 0) is 31.2 Å². The summed E-state index contributed by atoms with van der Waals surface area (Å²) in [7, 11) is -3.84. The summed E-state index contributed by atoms with van der Waals surface area (Å²) in [6.45, 7) is 1.76. The van der Waals surface area contributed by atoms with Crippen LogP contribution in [0.15, 0.2) is 40.6 Å². The van der Waals surface area contributed by atoms with Crippen LogP contribution >= 0.6 is 23.6 Å². The number of thiophene rings is 1. The van der Waals surface area contributed by atoms with Crippen LogP contribution in [0, 0.1) is 5.82 Å². The van der Waals surface area contributed by atoms with Crippen LogP contribution in [0.2, 0.25) is 0 Å². The molecule has 0 aliphatic heterocycles. The minimum absolute atomic E-state index is 0.0188. The van der Waals surface area contributed by atoms with E-state index in [0.29, 0.717) is 4.88 Å². The lowest BCUT2D eigenvalue weighted by Crippen LogP contribution is -2.30. The van der Waals surface area contributed by atoms with E-state index in [0.717, 1.165) is 15.6 Å². The number of benzene rings is 1. The third-order valence-electron chi connectivity index (χ3n) is 2.78. The van der Waals surface area contributed by atoms with E-state index in [-0.39, 0.29) is 21.4 Å². The van der Waals surface area contributed by atoms with E-state index in [9.17, 15) is 12.8 Å². The molecular weight excluding hydrogens is 331 g/mol. The summed E-state index contributed by atoms with van der Waals surface area (Å²) < 4.78 is 40.2. The summed E-state index contributed by atoms with van der Waals surface area (Å²) in [5, 5.41) is 0. The zero-order valence-corrected chi connectivity index (χ0v) is 13.6. The van der Waals surface area contributed by atoms with Gasteiger partial charge in [-0.2, -0.15) is 0 Å². The number of thiocarbonyl (C=S) groups is 1. The first-order valence-electron chi connectivity index (χ1n) is 6.05. The predicted molar refractivity (Wildman–Crippen MR) is 86.8 cm³/mol. The zero-order chi connectivity index (χ0) is 15.6. The molecule has 0 atom stereocenters. The number of anilines is 1. The van der Waals surface area contributed by atoms with Crippen LogP contribution in [0.3, 0.4) is 0 Å². The van der Waals surface area contributed by atoms with Crippen molar-refractivity contribution in [3.8, 4) is 0 Å². The van der Waals surface area contributed by atoms with Crippen molar-refractivity contribution in [3.05, 3.63) is 47.1 Å². The molecule has 0 spiro atoms. The summed E-state index contributed by atoms with van der Waals surface area (Å²) in [6, 6.07) is 8.73. The zero-order valence-electron chi connectivity index (χ0n) is 11.1. The highest BCUT2D eigenvalue weighted by molar-refractivity contribution is 7.94. The van der Waals surface area contributed by atoms with E-state index in [2.05, 4.69) is 0 Å². The molecule has 0 amide bonds. The van der Waals surface area contributed by atoms with E-state index >= 15 is 0 Å². The molecule has 0 saturated heterocycles. The molecule has 1 heterocycles. The van der Waals surface area contributed by atoms with Gasteiger partial charge < -0.3 is 5.73 Å². The number of nitrogens with two attached hydrogens (primary N) is 1. The van der Waals surface area contributed by atoms with Gasteiger partial charge >= 0.3 is 0 Å². The van der Waals surface area contributed by atoms with Crippen molar-refractivity contribution in [1.82, 2.24) is 0 Å². The van der Waals surface area contributed by atoms with Crippen molar-refractivity contribution < 1.29 is 12.8 Å². The average molecular weight is 344 g/mol. The molecule has 1 aromatic heterocycles. The third-order valence-corrected chi connectivity index (χ3v) is 6.60. The number of hydrogen-bond acceptors (Lipinski definition) is 4. The summed E-state index contributed by atoms with van der Waals surface area (Å²) >= 11 is 5.80. The van der Waals surface area contributed by atoms with E-state index in [1.165, 1.54) is 24.3 Å². The number of para-hydroxylation sites is 1. The maximum Gasteiger partial charge on any atom is 0.273 e. The topological polar surface area (TPSA) is 63.4 Å². The van der Waals surface area contributed by atoms with Crippen LogP contribution in [-0.4, -0.2) is 20.0 Å². The number of halogens is 1. The van der Waals surface area contributed by atoms with Gasteiger partial charge in [0.2, 0.25) is 0 Å². The Morgan fingerprint density at radius 3 is 2.52 bits per heavy atom. The summed E-state index contributed by atoms with van der Waals surface area (Å²) in [6.07, 6.45) is 0. The minimum atomic E-state index is -3.84. The Balaban J connectivity index is 2.49. The smallest absolute Gasteiger partial charge is 0.273 e. The monoisotopic (exact) mass is 344 g/mol. The van der Waals surface area contributed by atoms with Gasteiger partial charge in [-0.25, -0.2) is 12.8 Å². The van der Waals surface area contributed by atoms with Crippen molar-refractivity contribution in [2.75, 3.05) is 10.8 Å². The van der Waals surface area contributed by atoms with Crippen LogP contribution in [0.25, 0.3) is 0 Å². The lowest BCUT2D eigenvalue weighted by molar-refractivity contribution is 0.588. The number of hydrogen-bond donors (Lipinski definition) is 1. The molecule has 0 unspecified atom stereocenters. The average Bonchev–Trinajstić information content (AvgIpc) is 2.92. The second-order valence-corrected chi connectivity index (χ2v) is 7.72. The normalized spacial score (nSPS) is 11.3. The SMILES string of the molecule is CCN(c1ccccc1F)S(=O)(=O)c1ccc(C(N)=S)s1. The molecule has 8 heteroatoms. The van der Waals surface area contributed by atoms with Gasteiger partial charge in [0.1, 0.15) is 15.0 Å². The number of sulfonamides is 1. The Bertz CT molecular complexity index is 771. The van der Waals surface area contributed by atoms with E-state index in [1.54, 1.807) is 19.1 Å². The fourth-order valence-corrected chi connectivity index (χ4v) is 4.77. The molecule has 0 fully saturated rings. The van der Waals surface area contributed by atoms with Crippen molar-refractivity contribution >= 4 is 44.3 Å². The molecule has 2 rings (SSSR count). The first-order valence-corrected chi connectivity index (χ1v) is 8.71. The fraction of sp³-hybridized carbons (Fsp3) is 0.154. The summed E-state index contributed by atoms with van der Waals surface area (Å²) in [5.41, 5.74) is 5.51. The van der Waals surface area contributed by atoms with Crippen LogP contribution in [0.5, 0.6) is 0 Å². The molecule has 21 heavy (non-hydrogen) atoms. The molecule has 2 aromatic rings. The van der Waals surface area contributed by atoms with Gasteiger partial charge in [-0.1, -0.05) is 24.4 Å². The van der Waals surface area contributed by atoms with Crippen LogP contribution in [0.4, 0.5) is 10.1 Å². The third kappa shape index (κ3) is 3.07. The van der Waals surface area contributed by atoms with Crippen molar-refractivity contribution in [1.29, 1.82) is 0 Å². The number of nitrogens with zero attached hydrogens (tertiary/aromatic N) is 1. The Morgan fingerprint density at radius 1 is 1.33 bits per heavy atom. The lowest BCUT2D eigenvalue weighted by Gasteiger charge is -2.22. The highest BCUT2D eigenvalue weighted by atomic mass is 32.2. The molecule has 0 saturated carbocycles. The molecule has 0 radical (unpaired) electrons. The van der Waals surface area contributed by atoms with E-state index < -0.39 is 15.8 Å². The van der Waals surface area contributed by atoms with Gasteiger partial charge in [-0.15, -0.1) is 11.3 Å². The molecule has 0 bridgehead atoms. The predicted octanol–water partition coefficient (Wildman–Crippen LogP) is 2.74. The summed E-state index contributed by atoms with van der Waals surface area (Å²) in [4.78, 5) is 0.642. The summed E-state index contributed by atoms with van der Waals surface area (Å²) in [5.74, 6) is -0.589. The van der Waals surface area contributed by atoms with Crippen LogP contribution in [-0.2, 0) is 10.0 Å². The Labute approximate surface area is 132 Å². The van der Waals surface area contributed by atoms with Gasteiger partial charge in [0.25, 0.3) is 10.0 Å². The Morgan fingerprint density at radius 2 is 2.00 bits per heavy atom. The highest BCUT2D eigenvalue weighted by Crippen LogP contribution is 2.29.